The maximum atomic E-state index is 12.1. The van der Waals surface area contributed by atoms with Crippen LogP contribution in [0, 0.1) is 5.92 Å². The normalized spacial score (nSPS) is 17.4. The summed E-state index contributed by atoms with van der Waals surface area (Å²) in [5.74, 6) is 0.720. The zero-order valence-corrected chi connectivity index (χ0v) is 14.0. The molecule has 0 aliphatic carbocycles. The molecule has 23 heavy (non-hydrogen) atoms. The predicted octanol–water partition coefficient (Wildman–Crippen LogP) is 2.00. The summed E-state index contributed by atoms with van der Waals surface area (Å²) in [6.45, 7) is 3.98. The molecule has 1 heterocycles. The number of nitrogens with one attached hydrogen (secondary N) is 1. The molecule has 0 bridgehead atoms. The Morgan fingerprint density at radius 3 is 2.74 bits per heavy atom. The molecule has 2 amide bonds. The number of methoxy groups -OCH3 is 1. The first-order chi connectivity index (χ1) is 11.1. The smallest absolute Gasteiger partial charge is 0.225 e. The van der Waals surface area contributed by atoms with Crippen molar-refractivity contribution in [2.75, 3.05) is 26.7 Å². The lowest BCUT2D eigenvalue weighted by Gasteiger charge is -2.16. The summed E-state index contributed by atoms with van der Waals surface area (Å²) in [5, 5.41) is 2.92. The van der Waals surface area contributed by atoms with Crippen molar-refractivity contribution in [1.82, 2.24) is 10.2 Å². The second kappa shape index (κ2) is 8.56. The monoisotopic (exact) mass is 318 g/mol. The van der Waals surface area contributed by atoms with Crippen molar-refractivity contribution in [2.45, 2.75) is 32.6 Å². The molecule has 1 saturated heterocycles. The summed E-state index contributed by atoms with van der Waals surface area (Å²) in [5.41, 5.74) is 1.16. The molecule has 0 saturated carbocycles. The molecule has 5 heteroatoms. The molecular formula is C18H26N2O3. The molecule has 0 aromatic heterocycles. The predicted molar refractivity (Wildman–Crippen MR) is 89.3 cm³/mol. The van der Waals surface area contributed by atoms with E-state index in [4.69, 9.17) is 4.74 Å². The van der Waals surface area contributed by atoms with Gasteiger partial charge in [-0.3, -0.25) is 9.59 Å². The van der Waals surface area contributed by atoms with Crippen LogP contribution in [0.1, 0.15) is 31.7 Å². The van der Waals surface area contributed by atoms with Crippen LogP contribution in [0.15, 0.2) is 24.3 Å². The van der Waals surface area contributed by atoms with Crippen LogP contribution in [0.2, 0.25) is 0 Å². The van der Waals surface area contributed by atoms with Crippen molar-refractivity contribution < 1.29 is 14.3 Å². The molecule has 1 aromatic carbocycles. The number of carbonyl (C=O) groups excluding carboxylic acids is 2. The maximum absolute atomic E-state index is 12.1. The summed E-state index contributed by atoms with van der Waals surface area (Å²) < 4.78 is 5.14. The second-order valence-electron chi connectivity index (χ2n) is 5.98. The molecule has 5 nitrogen and oxygen atoms in total. The quantitative estimate of drug-likeness (QED) is 0.746. The van der Waals surface area contributed by atoms with E-state index < -0.39 is 0 Å². The molecule has 0 spiro atoms. The van der Waals surface area contributed by atoms with Gasteiger partial charge in [-0.2, -0.15) is 0 Å². The standard InChI is InChI=1S/C18H26N2O3/c1-3-4-10-19-18(22)15-12-17(21)20(13-15)11-9-14-5-7-16(23-2)8-6-14/h5-8,15H,3-4,9-13H2,1-2H3,(H,19,22). The molecule has 1 aromatic rings. The highest BCUT2D eigenvalue weighted by molar-refractivity contribution is 5.89. The van der Waals surface area contributed by atoms with Crippen LogP contribution in [0.25, 0.3) is 0 Å². The molecule has 1 atom stereocenters. The van der Waals surface area contributed by atoms with E-state index in [2.05, 4.69) is 12.2 Å². The van der Waals surface area contributed by atoms with E-state index in [1.807, 2.05) is 24.3 Å². The number of hydrogen-bond donors (Lipinski definition) is 1. The van der Waals surface area contributed by atoms with Gasteiger partial charge in [-0.15, -0.1) is 0 Å². The van der Waals surface area contributed by atoms with Crippen LogP contribution in [0.5, 0.6) is 5.75 Å². The molecule has 126 valence electrons. The fourth-order valence-corrected chi connectivity index (χ4v) is 2.75. The minimum absolute atomic E-state index is 0.0127. The summed E-state index contributed by atoms with van der Waals surface area (Å²) in [7, 11) is 1.64. The number of amides is 2. The van der Waals surface area contributed by atoms with Gasteiger partial charge in [0.25, 0.3) is 0 Å². The first kappa shape index (κ1) is 17.3. The number of benzene rings is 1. The van der Waals surface area contributed by atoms with Crippen molar-refractivity contribution >= 4 is 11.8 Å². The summed E-state index contributed by atoms with van der Waals surface area (Å²) in [4.78, 5) is 25.9. The van der Waals surface area contributed by atoms with Crippen LogP contribution >= 0.6 is 0 Å². The fourth-order valence-electron chi connectivity index (χ4n) is 2.75. The fraction of sp³-hybridized carbons (Fsp3) is 0.556. The summed E-state index contributed by atoms with van der Waals surface area (Å²) >= 11 is 0. The van der Waals surface area contributed by atoms with Crippen LogP contribution in [0.4, 0.5) is 0 Å². The average Bonchev–Trinajstić information content (AvgIpc) is 2.94. The summed E-state index contributed by atoms with van der Waals surface area (Å²) in [6.07, 6.45) is 3.16. The number of likely N-dealkylation sites (tertiary alicyclic amines) is 1. The van der Waals surface area contributed by atoms with Gasteiger partial charge in [0.15, 0.2) is 0 Å². The Morgan fingerprint density at radius 2 is 2.09 bits per heavy atom. The van der Waals surface area contributed by atoms with Crippen molar-refractivity contribution in [3.05, 3.63) is 29.8 Å². The number of unbranched alkanes of at least 4 members (excludes halogenated alkanes) is 1. The Bertz CT molecular complexity index is 528. The molecule has 1 aliphatic rings. The van der Waals surface area contributed by atoms with E-state index >= 15 is 0 Å². The van der Waals surface area contributed by atoms with Crippen LogP contribution in [0.3, 0.4) is 0 Å². The van der Waals surface area contributed by atoms with E-state index in [1.165, 1.54) is 0 Å². The van der Waals surface area contributed by atoms with Gasteiger partial charge in [0, 0.05) is 26.1 Å². The van der Waals surface area contributed by atoms with Crippen molar-refractivity contribution in [1.29, 1.82) is 0 Å². The Kier molecular flexibility index (Phi) is 6.44. The number of carbonyl (C=O) groups is 2. The molecular weight excluding hydrogens is 292 g/mol. The van der Waals surface area contributed by atoms with E-state index in [1.54, 1.807) is 12.0 Å². The van der Waals surface area contributed by atoms with Crippen LogP contribution in [-0.2, 0) is 16.0 Å². The Morgan fingerprint density at radius 1 is 1.35 bits per heavy atom. The number of hydrogen-bond acceptors (Lipinski definition) is 3. The lowest BCUT2D eigenvalue weighted by Crippen LogP contribution is -2.34. The molecule has 1 N–H and O–H groups in total. The minimum Gasteiger partial charge on any atom is -0.497 e. The molecule has 1 fully saturated rings. The van der Waals surface area contributed by atoms with Crippen molar-refractivity contribution in [3.63, 3.8) is 0 Å². The molecule has 2 rings (SSSR count). The first-order valence-electron chi connectivity index (χ1n) is 8.32. The van der Waals surface area contributed by atoms with E-state index in [0.29, 0.717) is 26.1 Å². The van der Waals surface area contributed by atoms with Crippen molar-refractivity contribution in [3.8, 4) is 5.75 Å². The molecule has 1 aliphatic heterocycles. The third kappa shape index (κ3) is 4.98. The van der Waals surface area contributed by atoms with Gasteiger partial charge >= 0.3 is 0 Å². The number of nitrogens with zero attached hydrogens (tertiary/aromatic N) is 1. The van der Waals surface area contributed by atoms with Gasteiger partial charge in [0.2, 0.25) is 11.8 Å². The van der Waals surface area contributed by atoms with Gasteiger partial charge in [0.05, 0.1) is 13.0 Å². The third-order valence-corrected chi connectivity index (χ3v) is 4.24. The lowest BCUT2D eigenvalue weighted by atomic mass is 10.1. The van der Waals surface area contributed by atoms with E-state index in [9.17, 15) is 9.59 Å². The SMILES string of the molecule is CCCCNC(=O)C1CC(=O)N(CCc2ccc(OC)cc2)C1. The van der Waals surface area contributed by atoms with Gasteiger partial charge < -0.3 is 15.0 Å². The largest absolute Gasteiger partial charge is 0.497 e. The molecule has 1 unspecified atom stereocenters. The first-order valence-corrected chi connectivity index (χ1v) is 8.32. The number of ether oxygens (including phenoxy) is 1. The highest BCUT2D eigenvalue weighted by atomic mass is 16.5. The van der Waals surface area contributed by atoms with Crippen molar-refractivity contribution in [2.24, 2.45) is 5.92 Å². The highest BCUT2D eigenvalue weighted by Crippen LogP contribution is 2.19. The van der Waals surface area contributed by atoms with Gasteiger partial charge in [0.1, 0.15) is 5.75 Å². The minimum atomic E-state index is -0.199. The Hall–Kier alpha value is -2.04. The highest BCUT2D eigenvalue weighted by Gasteiger charge is 2.33. The number of rotatable bonds is 8. The average molecular weight is 318 g/mol. The Balaban J connectivity index is 1.79. The lowest BCUT2D eigenvalue weighted by molar-refractivity contribution is -0.129. The van der Waals surface area contributed by atoms with E-state index in [0.717, 1.165) is 30.6 Å². The maximum Gasteiger partial charge on any atom is 0.225 e. The Labute approximate surface area is 138 Å². The van der Waals surface area contributed by atoms with Crippen LogP contribution in [-0.4, -0.2) is 43.5 Å². The zero-order chi connectivity index (χ0) is 16.7. The summed E-state index contributed by atoms with van der Waals surface area (Å²) in [6, 6.07) is 7.86. The van der Waals surface area contributed by atoms with Gasteiger partial charge in [-0.1, -0.05) is 25.5 Å². The third-order valence-electron chi connectivity index (χ3n) is 4.24. The van der Waals surface area contributed by atoms with E-state index in [-0.39, 0.29) is 17.7 Å². The zero-order valence-electron chi connectivity index (χ0n) is 14.0. The second-order valence-corrected chi connectivity index (χ2v) is 5.98. The van der Waals surface area contributed by atoms with Crippen LogP contribution < -0.4 is 10.1 Å². The van der Waals surface area contributed by atoms with Gasteiger partial charge in [-0.05, 0) is 30.5 Å². The van der Waals surface area contributed by atoms with Gasteiger partial charge in [-0.25, -0.2) is 0 Å². The topological polar surface area (TPSA) is 58.6 Å². The molecule has 0 radical (unpaired) electrons.